The normalized spacial score (nSPS) is 10.5. The molecular weight excluding hydrogens is 393 g/mol. The predicted molar refractivity (Wildman–Crippen MR) is 106 cm³/mol. The number of hydrogen-bond acceptors (Lipinski definition) is 7. The molecule has 1 aromatic heterocycles. The van der Waals surface area contributed by atoms with E-state index < -0.39 is 5.97 Å². The SMILES string of the molecule is COC(=O)c1cc(OC)ccc1NC(=O)CCCc1nc(-c2ccc(F)cc2)no1. The molecule has 3 rings (SSSR count). The predicted octanol–water partition coefficient (Wildman–Crippen LogP) is 3.63. The lowest BCUT2D eigenvalue weighted by Gasteiger charge is -2.11. The Morgan fingerprint density at radius 1 is 1.13 bits per heavy atom. The number of anilines is 1. The first-order valence-corrected chi connectivity index (χ1v) is 9.15. The molecule has 0 aliphatic rings. The van der Waals surface area contributed by atoms with Crippen LogP contribution in [0.5, 0.6) is 5.75 Å². The Hall–Kier alpha value is -3.75. The first kappa shape index (κ1) is 21.0. The molecule has 0 radical (unpaired) electrons. The van der Waals surface area contributed by atoms with Gasteiger partial charge < -0.3 is 19.3 Å². The number of carbonyl (C=O) groups is 2. The largest absolute Gasteiger partial charge is 0.497 e. The molecule has 0 unspecified atom stereocenters. The van der Waals surface area contributed by atoms with Crippen molar-refractivity contribution in [1.29, 1.82) is 0 Å². The monoisotopic (exact) mass is 413 g/mol. The van der Waals surface area contributed by atoms with Crippen LogP contribution < -0.4 is 10.1 Å². The molecule has 0 aliphatic heterocycles. The number of nitrogens with one attached hydrogen (secondary N) is 1. The molecule has 8 nitrogen and oxygen atoms in total. The summed E-state index contributed by atoms with van der Waals surface area (Å²) in [7, 11) is 2.74. The minimum atomic E-state index is -0.580. The summed E-state index contributed by atoms with van der Waals surface area (Å²) in [6, 6.07) is 10.5. The molecule has 0 aliphatic carbocycles. The lowest BCUT2D eigenvalue weighted by atomic mass is 10.1. The maximum Gasteiger partial charge on any atom is 0.340 e. The van der Waals surface area contributed by atoms with E-state index in [4.69, 9.17) is 14.0 Å². The number of benzene rings is 2. The summed E-state index contributed by atoms with van der Waals surface area (Å²) in [5.74, 6) is 0.00616. The van der Waals surface area contributed by atoms with Gasteiger partial charge in [-0.25, -0.2) is 9.18 Å². The first-order chi connectivity index (χ1) is 14.5. The van der Waals surface area contributed by atoms with Gasteiger partial charge in [0.05, 0.1) is 25.5 Å². The van der Waals surface area contributed by atoms with Gasteiger partial charge in [-0.05, 0) is 48.9 Å². The number of methoxy groups -OCH3 is 2. The van der Waals surface area contributed by atoms with Crippen LogP contribution in [0.15, 0.2) is 47.0 Å². The average Bonchev–Trinajstić information content (AvgIpc) is 3.22. The van der Waals surface area contributed by atoms with Gasteiger partial charge in [0.25, 0.3) is 0 Å². The van der Waals surface area contributed by atoms with E-state index in [0.29, 0.717) is 41.6 Å². The summed E-state index contributed by atoms with van der Waals surface area (Å²) in [6.45, 7) is 0. The van der Waals surface area contributed by atoms with Gasteiger partial charge in [0.2, 0.25) is 17.6 Å². The number of amides is 1. The zero-order chi connectivity index (χ0) is 21.5. The Morgan fingerprint density at radius 3 is 2.60 bits per heavy atom. The third-order valence-electron chi connectivity index (χ3n) is 4.27. The van der Waals surface area contributed by atoms with Crippen molar-refractivity contribution in [3.63, 3.8) is 0 Å². The maximum absolute atomic E-state index is 13.0. The van der Waals surface area contributed by atoms with Crippen molar-refractivity contribution in [1.82, 2.24) is 10.1 Å². The summed E-state index contributed by atoms with van der Waals surface area (Å²) in [6.07, 6.45) is 1.04. The van der Waals surface area contributed by atoms with Crippen LogP contribution in [0.3, 0.4) is 0 Å². The molecule has 2 aromatic carbocycles. The molecule has 0 saturated carbocycles. The van der Waals surface area contributed by atoms with E-state index in [9.17, 15) is 14.0 Å². The van der Waals surface area contributed by atoms with Crippen LogP contribution in [0.4, 0.5) is 10.1 Å². The fourth-order valence-electron chi connectivity index (χ4n) is 2.72. The second-order valence-corrected chi connectivity index (χ2v) is 6.32. The molecule has 0 bridgehead atoms. The van der Waals surface area contributed by atoms with E-state index in [-0.39, 0.29) is 23.7 Å². The highest BCUT2D eigenvalue weighted by atomic mass is 19.1. The molecule has 0 saturated heterocycles. The topological polar surface area (TPSA) is 104 Å². The number of rotatable bonds is 8. The maximum atomic E-state index is 13.0. The minimum Gasteiger partial charge on any atom is -0.497 e. The fourth-order valence-corrected chi connectivity index (χ4v) is 2.72. The number of aromatic nitrogens is 2. The van der Waals surface area contributed by atoms with Crippen LogP contribution in [0, 0.1) is 5.82 Å². The zero-order valence-electron chi connectivity index (χ0n) is 16.5. The number of nitrogens with zero attached hydrogens (tertiary/aromatic N) is 2. The summed E-state index contributed by atoms with van der Waals surface area (Å²) in [5.41, 5.74) is 1.18. The van der Waals surface area contributed by atoms with Crippen LogP contribution in [-0.2, 0) is 16.0 Å². The Balaban J connectivity index is 1.56. The standard InChI is InChI=1S/C21H20FN3O5/c1-28-15-10-11-17(16(12-15)21(27)29-2)23-18(26)4-3-5-19-24-20(25-30-19)13-6-8-14(22)9-7-13/h6-12H,3-5H2,1-2H3,(H,23,26). The van der Waals surface area contributed by atoms with Crippen LogP contribution >= 0.6 is 0 Å². The molecule has 156 valence electrons. The van der Waals surface area contributed by atoms with Crippen LogP contribution in [-0.4, -0.2) is 36.2 Å². The molecule has 3 aromatic rings. The van der Waals surface area contributed by atoms with Crippen molar-refractivity contribution in [2.24, 2.45) is 0 Å². The van der Waals surface area contributed by atoms with E-state index in [1.54, 1.807) is 24.3 Å². The van der Waals surface area contributed by atoms with Gasteiger partial charge in [-0.1, -0.05) is 5.16 Å². The van der Waals surface area contributed by atoms with Crippen molar-refractivity contribution >= 4 is 17.6 Å². The molecule has 0 spiro atoms. The van der Waals surface area contributed by atoms with Gasteiger partial charge in [-0.15, -0.1) is 0 Å². The van der Waals surface area contributed by atoms with E-state index in [0.717, 1.165) is 0 Å². The van der Waals surface area contributed by atoms with Gasteiger partial charge in [-0.2, -0.15) is 4.98 Å². The molecule has 9 heteroatoms. The third-order valence-corrected chi connectivity index (χ3v) is 4.27. The van der Waals surface area contributed by atoms with E-state index in [2.05, 4.69) is 15.5 Å². The highest BCUT2D eigenvalue weighted by Crippen LogP contribution is 2.23. The second-order valence-electron chi connectivity index (χ2n) is 6.32. The van der Waals surface area contributed by atoms with Gasteiger partial charge in [-0.3, -0.25) is 4.79 Å². The van der Waals surface area contributed by atoms with Crippen molar-refractivity contribution in [2.45, 2.75) is 19.3 Å². The number of ether oxygens (including phenoxy) is 2. The summed E-state index contributed by atoms with van der Waals surface area (Å²) < 4.78 is 28.0. The number of carbonyl (C=O) groups excluding carboxylic acids is 2. The van der Waals surface area contributed by atoms with Crippen molar-refractivity contribution in [3.05, 3.63) is 59.7 Å². The highest BCUT2D eigenvalue weighted by molar-refractivity contribution is 6.01. The van der Waals surface area contributed by atoms with Gasteiger partial charge in [0, 0.05) is 18.4 Å². The molecular formula is C21H20FN3O5. The van der Waals surface area contributed by atoms with Crippen LogP contribution in [0.1, 0.15) is 29.1 Å². The molecule has 0 fully saturated rings. The summed E-state index contributed by atoms with van der Waals surface area (Å²) in [4.78, 5) is 28.5. The zero-order valence-corrected chi connectivity index (χ0v) is 16.5. The minimum absolute atomic E-state index is 0.181. The lowest BCUT2D eigenvalue weighted by Crippen LogP contribution is -2.15. The Kier molecular flexibility index (Phi) is 6.74. The van der Waals surface area contributed by atoms with Crippen LogP contribution in [0.25, 0.3) is 11.4 Å². The quantitative estimate of drug-likeness (QED) is 0.562. The smallest absolute Gasteiger partial charge is 0.340 e. The molecule has 30 heavy (non-hydrogen) atoms. The van der Waals surface area contributed by atoms with Crippen LogP contribution in [0.2, 0.25) is 0 Å². The number of halogens is 1. The highest BCUT2D eigenvalue weighted by Gasteiger charge is 2.16. The Bertz CT molecular complexity index is 1030. The third kappa shape index (κ3) is 5.19. The molecule has 1 heterocycles. The second kappa shape index (κ2) is 9.64. The van der Waals surface area contributed by atoms with Gasteiger partial charge >= 0.3 is 5.97 Å². The van der Waals surface area contributed by atoms with E-state index in [1.807, 2.05) is 0 Å². The summed E-state index contributed by atoms with van der Waals surface area (Å²) >= 11 is 0. The number of hydrogen-bond donors (Lipinski definition) is 1. The Morgan fingerprint density at radius 2 is 1.90 bits per heavy atom. The fraction of sp³-hybridized carbons (Fsp3) is 0.238. The van der Waals surface area contributed by atoms with Crippen molar-refractivity contribution in [3.8, 4) is 17.1 Å². The van der Waals surface area contributed by atoms with E-state index in [1.165, 1.54) is 32.4 Å². The average molecular weight is 413 g/mol. The first-order valence-electron chi connectivity index (χ1n) is 9.15. The molecule has 1 amide bonds. The molecule has 1 N–H and O–H groups in total. The lowest BCUT2D eigenvalue weighted by molar-refractivity contribution is -0.116. The number of aryl methyl sites for hydroxylation is 1. The summed E-state index contributed by atoms with van der Waals surface area (Å²) in [5, 5.41) is 6.57. The van der Waals surface area contributed by atoms with Gasteiger partial charge in [0.15, 0.2) is 0 Å². The Labute approximate surface area is 172 Å². The van der Waals surface area contributed by atoms with Gasteiger partial charge in [0.1, 0.15) is 11.6 Å². The van der Waals surface area contributed by atoms with Crippen molar-refractivity contribution in [2.75, 3.05) is 19.5 Å². The number of esters is 1. The van der Waals surface area contributed by atoms with E-state index >= 15 is 0 Å². The molecule has 0 atom stereocenters. The van der Waals surface area contributed by atoms with Crippen molar-refractivity contribution < 1.29 is 28.0 Å².